The van der Waals surface area contributed by atoms with Crippen molar-refractivity contribution in [1.82, 2.24) is 0 Å². The topological polar surface area (TPSA) is 43.1 Å². The van der Waals surface area contributed by atoms with Gasteiger partial charge in [0.15, 0.2) is 5.78 Å². The first-order valence-corrected chi connectivity index (χ1v) is 5.60. The lowest BCUT2D eigenvalue weighted by atomic mass is 10.0. The van der Waals surface area contributed by atoms with Gasteiger partial charge in [-0.05, 0) is 31.9 Å². The number of carbonyl (C=O) groups is 1. The molecule has 0 fully saturated rings. The Morgan fingerprint density at radius 1 is 1.25 bits per heavy atom. The first kappa shape index (κ1) is 12.7. The summed E-state index contributed by atoms with van der Waals surface area (Å²) in [7, 11) is 0. The van der Waals surface area contributed by atoms with Crippen molar-refractivity contribution in [2.24, 2.45) is 5.73 Å². The van der Waals surface area contributed by atoms with Crippen LogP contribution in [0.15, 0.2) is 36.4 Å². The van der Waals surface area contributed by atoms with Crippen molar-refractivity contribution in [2.45, 2.75) is 26.2 Å². The lowest BCUT2D eigenvalue weighted by Crippen LogP contribution is -2.03. The van der Waals surface area contributed by atoms with Crippen LogP contribution in [0, 0.1) is 0 Å². The molecule has 0 aliphatic carbocycles. The molecule has 2 heteroatoms. The van der Waals surface area contributed by atoms with E-state index in [-0.39, 0.29) is 5.78 Å². The number of benzene rings is 1. The summed E-state index contributed by atoms with van der Waals surface area (Å²) in [4.78, 5) is 11.8. The number of carbonyl (C=O) groups excluding carboxylic acids is 1. The molecule has 1 aromatic rings. The number of hydrogen-bond acceptors (Lipinski definition) is 2. The van der Waals surface area contributed by atoms with E-state index in [1.807, 2.05) is 31.2 Å². The number of Topliss-reactive ketones (excluding diaryl/α,β-unsaturated/α-hetero) is 1. The molecule has 86 valence electrons. The van der Waals surface area contributed by atoms with Gasteiger partial charge in [-0.2, -0.15) is 0 Å². The van der Waals surface area contributed by atoms with Crippen LogP contribution < -0.4 is 5.73 Å². The summed E-state index contributed by atoms with van der Waals surface area (Å²) >= 11 is 0. The van der Waals surface area contributed by atoms with Gasteiger partial charge in [-0.25, -0.2) is 0 Å². The Morgan fingerprint density at radius 2 is 1.88 bits per heavy atom. The quantitative estimate of drug-likeness (QED) is 0.588. The molecule has 0 unspecified atom stereocenters. The summed E-state index contributed by atoms with van der Waals surface area (Å²) in [6, 6.07) is 7.71. The van der Waals surface area contributed by atoms with Crippen LogP contribution in [-0.2, 0) is 6.42 Å². The predicted molar refractivity (Wildman–Crippen MR) is 67.6 cm³/mol. The highest BCUT2D eigenvalue weighted by Gasteiger charge is 2.05. The largest absolute Gasteiger partial charge is 0.330 e. The summed E-state index contributed by atoms with van der Waals surface area (Å²) < 4.78 is 0. The molecule has 0 saturated carbocycles. The second-order valence-corrected chi connectivity index (χ2v) is 4.12. The van der Waals surface area contributed by atoms with Crippen molar-refractivity contribution in [1.29, 1.82) is 0 Å². The zero-order valence-corrected chi connectivity index (χ0v) is 9.83. The monoisotopic (exact) mass is 217 g/mol. The van der Waals surface area contributed by atoms with E-state index >= 15 is 0 Å². The summed E-state index contributed by atoms with van der Waals surface area (Å²) in [5.41, 5.74) is 8.47. The van der Waals surface area contributed by atoms with Gasteiger partial charge in [0.05, 0.1) is 0 Å². The maximum absolute atomic E-state index is 11.8. The number of rotatable bonds is 6. The normalized spacial score (nSPS) is 10.1. The highest BCUT2D eigenvalue weighted by Crippen LogP contribution is 2.10. The second kappa shape index (κ2) is 6.23. The molecule has 2 nitrogen and oxygen atoms in total. The molecule has 0 amide bonds. The highest BCUT2D eigenvalue weighted by atomic mass is 16.1. The molecule has 0 saturated heterocycles. The van der Waals surface area contributed by atoms with Crippen molar-refractivity contribution >= 4 is 5.78 Å². The van der Waals surface area contributed by atoms with Gasteiger partial charge in [-0.1, -0.05) is 29.8 Å². The lowest BCUT2D eigenvalue weighted by Gasteiger charge is -2.03. The Labute approximate surface area is 97.2 Å². The van der Waals surface area contributed by atoms with E-state index in [1.165, 1.54) is 5.56 Å². The average molecular weight is 217 g/mol. The van der Waals surface area contributed by atoms with E-state index in [0.717, 1.165) is 24.0 Å². The molecular formula is C14H19NO. The van der Waals surface area contributed by atoms with E-state index in [9.17, 15) is 4.79 Å². The number of ketones is 1. The lowest BCUT2D eigenvalue weighted by molar-refractivity contribution is 0.0983. The molecular weight excluding hydrogens is 198 g/mol. The fourth-order valence-corrected chi connectivity index (χ4v) is 1.50. The van der Waals surface area contributed by atoms with E-state index in [1.54, 1.807) is 0 Å². The molecule has 0 bridgehead atoms. The van der Waals surface area contributed by atoms with E-state index < -0.39 is 0 Å². The Kier molecular flexibility index (Phi) is 4.93. The fourth-order valence-electron chi connectivity index (χ4n) is 1.50. The molecule has 0 aliphatic rings. The summed E-state index contributed by atoms with van der Waals surface area (Å²) in [6.45, 7) is 6.38. The Morgan fingerprint density at radius 3 is 2.38 bits per heavy atom. The molecule has 0 radical (unpaired) electrons. The van der Waals surface area contributed by atoms with Gasteiger partial charge in [0.1, 0.15) is 0 Å². The van der Waals surface area contributed by atoms with E-state index in [0.29, 0.717) is 13.0 Å². The van der Waals surface area contributed by atoms with Crippen molar-refractivity contribution < 1.29 is 4.79 Å². The van der Waals surface area contributed by atoms with Crippen LogP contribution in [0.5, 0.6) is 0 Å². The maximum Gasteiger partial charge on any atom is 0.163 e. The molecule has 16 heavy (non-hydrogen) atoms. The number of hydrogen-bond donors (Lipinski definition) is 1. The van der Waals surface area contributed by atoms with Crippen LogP contribution in [0.1, 0.15) is 35.7 Å². The highest BCUT2D eigenvalue weighted by molar-refractivity contribution is 5.96. The van der Waals surface area contributed by atoms with Gasteiger partial charge in [-0.15, -0.1) is 6.58 Å². The Balaban J connectivity index is 2.59. The third-order valence-electron chi connectivity index (χ3n) is 2.49. The van der Waals surface area contributed by atoms with Gasteiger partial charge >= 0.3 is 0 Å². The molecule has 0 aliphatic heterocycles. The zero-order chi connectivity index (χ0) is 12.0. The second-order valence-electron chi connectivity index (χ2n) is 4.12. The minimum Gasteiger partial charge on any atom is -0.330 e. The fraction of sp³-hybridized carbons (Fsp3) is 0.357. The zero-order valence-electron chi connectivity index (χ0n) is 9.83. The third-order valence-corrected chi connectivity index (χ3v) is 2.49. The first-order chi connectivity index (χ1) is 7.63. The van der Waals surface area contributed by atoms with Crippen LogP contribution in [0.2, 0.25) is 0 Å². The van der Waals surface area contributed by atoms with E-state index in [2.05, 4.69) is 6.58 Å². The smallest absolute Gasteiger partial charge is 0.163 e. The maximum atomic E-state index is 11.8. The average Bonchev–Trinajstić information content (AvgIpc) is 2.27. The van der Waals surface area contributed by atoms with Crippen molar-refractivity contribution in [3.63, 3.8) is 0 Å². The van der Waals surface area contributed by atoms with Gasteiger partial charge in [0.2, 0.25) is 0 Å². The van der Waals surface area contributed by atoms with Gasteiger partial charge in [0, 0.05) is 12.0 Å². The Hall–Kier alpha value is -1.41. The Bertz CT molecular complexity index is 365. The van der Waals surface area contributed by atoms with Crippen molar-refractivity contribution in [2.75, 3.05) is 6.54 Å². The molecule has 0 aromatic heterocycles. The standard InChI is InChI=1S/C14H19NO/c1-11(2)3-8-14(16)13-6-4-12(5-7-13)9-10-15/h4-7H,1,3,8-10,15H2,2H3. The minimum atomic E-state index is 0.183. The van der Waals surface area contributed by atoms with Crippen molar-refractivity contribution in [3.8, 4) is 0 Å². The van der Waals surface area contributed by atoms with Gasteiger partial charge in [0.25, 0.3) is 0 Å². The molecule has 1 rings (SSSR count). The van der Waals surface area contributed by atoms with Crippen LogP contribution in [0.4, 0.5) is 0 Å². The first-order valence-electron chi connectivity index (χ1n) is 5.60. The molecule has 2 N–H and O–H groups in total. The number of nitrogens with two attached hydrogens (primary N) is 1. The predicted octanol–water partition coefficient (Wildman–Crippen LogP) is 2.73. The third kappa shape index (κ3) is 3.99. The molecule has 0 heterocycles. The van der Waals surface area contributed by atoms with Crippen molar-refractivity contribution in [3.05, 3.63) is 47.5 Å². The summed E-state index contributed by atoms with van der Waals surface area (Å²) in [5.74, 6) is 0.183. The molecule has 0 atom stereocenters. The van der Waals surface area contributed by atoms with Gasteiger partial charge < -0.3 is 5.73 Å². The van der Waals surface area contributed by atoms with Crippen LogP contribution in [-0.4, -0.2) is 12.3 Å². The summed E-state index contributed by atoms with van der Waals surface area (Å²) in [6.07, 6.45) is 2.18. The van der Waals surface area contributed by atoms with Crippen LogP contribution >= 0.6 is 0 Å². The van der Waals surface area contributed by atoms with Gasteiger partial charge in [-0.3, -0.25) is 4.79 Å². The number of allylic oxidation sites excluding steroid dienone is 1. The van der Waals surface area contributed by atoms with Crippen LogP contribution in [0.3, 0.4) is 0 Å². The van der Waals surface area contributed by atoms with Crippen LogP contribution in [0.25, 0.3) is 0 Å². The molecule has 1 aromatic carbocycles. The molecule has 0 spiro atoms. The summed E-state index contributed by atoms with van der Waals surface area (Å²) in [5, 5.41) is 0. The minimum absolute atomic E-state index is 0.183. The van der Waals surface area contributed by atoms with E-state index in [4.69, 9.17) is 5.73 Å². The SMILES string of the molecule is C=C(C)CCC(=O)c1ccc(CCN)cc1.